The van der Waals surface area contributed by atoms with Crippen LogP contribution in [0.15, 0.2) is 12.1 Å². The van der Waals surface area contributed by atoms with Crippen molar-refractivity contribution in [3.63, 3.8) is 0 Å². The Hall–Kier alpha value is -1.17. The number of likely N-dealkylation sites (tertiary alicyclic amines) is 1. The van der Waals surface area contributed by atoms with E-state index in [1.165, 1.54) is 0 Å². The number of carbonyl (C=O) groups excluding carboxylic acids is 1. The monoisotopic (exact) mass is 404 g/mol. The van der Waals surface area contributed by atoms with E-state index in [2.05, 4.69) is 13.8 Å². The van der Waals surface area contributed by atoms with E-state index in [0.717, 1.165) is 19.4 Å². The van der Waals surface area contributed by atoms with Gasteiger partial charge in [0.15, 0.2) is 11.5 Å². The SMILES string of the molecule is COc1cc(C(=O)N2CCCC(C(C)N)C2)cc(Cl)c1OCC(C)C.Cl. The average molecular weight is 405 g/mol. The second-order valence-corrected chi connectivity index (χ2v) is 7.61. The highest BCUT2D eigenvalue weighted by Gasteiger charge is 2.27. The van der Waals surface area contributed by atoms with E-state index < -0.39 is 0 Å². The molecule has 5 nitrogen and oxygen atoms in total. The smallest absolute Gasteiger partial charge is 0.254 e. The van der Waals surface area contributed by atoms with Gasteiger partial charge in [-0.1, -0.05) is 25.4 Å². The largest absolute Gasteiger partial charge is 0.493 e. The number of nitrogens with zero attached hydrogens (tertiary/aromatic N) is 1. The van der Waals surface area contributed by atoms with Crippen molar-refractivity contribution in [1.29, 1.82) is 0 Å². The summed E-state index contributed by atoms with van der Waals surface area (Å²) < 4.78 is 11.1. The van der Waals surface area contributed by atoms with Gasteiger partial charge in [-0.3, -0.25) is 4.79 Å². The van der Waals surface area contributed by atoms with Gasteiger partial charge in [-0.25, -0.2) is 0 Å². The summed E-state index contributed by atoms with van der Waals surface area (Å²) in [5.74, 6) is 1.63. The van der Waals surface area contributed by atoms with Gasteiger partial charge in [0.2, 0.25) is 0 Å². The molecule has 0 bridgehead atoms. The van der Waals surface area contributed by atoms with Crippen LogP contribution >= 0.6 is 24.0 Å². The molecule has 26 heavy (non-hydrogen) atoms. The minimum absolute atomic E-state index is 0. The molecule has 0 aromatic heterocycles. The number of ether oxygens (including phenoxy) is 2. The van der Waals surface area contributed by atoms with Crippen molar-refractivity contribution in [2.24, 2.45) is 17.6 Å². The van der Waals surface area contributed by atoms with E-state index in [9.17, 15) is 4.79 Å². The van der Waals surface area contributed by atoms with Crippen molar-refractivity contribution in [1.82, 2.24) is 4.90 Å². The molecule has 1 aromatic carbocycles. The molecule has 2 unspecified atom stereocenters. The van der Waals surface area contributed by atoms with Crippen LogP contribution in [-0.2, 0) is 0 Å². The predicted molar refractivity (Wildman–Crippen MR) is 108 cm³/mol. The topological polar surface area (TPSA) is 64.8 Å². The fraction of sp³-hybridized carbons (Fsp3) is 0.632. The third-order valence-corrected chi connectivity index (χ3v) is 4.81. The van der Waals surface area contributed by atoms with Crippen molar-refractivity contribution in [3.05, 3.63) is 22.7 Å². The van der Waals surface area contributed by atoms with Crippen LogP contribution in [0.3, 0.4) is 0 Å². The Labute approximate surface area is 167 Å². The fourth-order valence-electron chi connectivity index (χ4n) is 3.04. The van der Waals surface area contributed by atoms with Crippen LogP contribution in [-0.4, -0.2) is 43.7 Å². The zero-order chi connectivity index (χ0) is 18.6. The van der Waals surface area contributed by atoms with E-state index in [1.807, 2.05) is 11.8 Å². The molecule has 1 aromatic rings. The first kappa shape index (κ1) is 22.9. The molecule has 0 saturated carbocycles. The molecule has 0 aliphatic carbocycles. The number of amides is 1. The van der Waals surface area contributed by atoms with Crippen molar-refractivity contribution in [3.8, 4) is 11.5 Å². The molecule has 1 aliphatic rings. The number of nitrogens with two attached hydrogens (primary N) is 1. The van der Waals surface area contributed by atoms with Gasteiger partial charge in [0.25, 0.3) is 5.91 Å². The number of piperidine rings is 1. The van der Waals surface area contributed by atoms with Crippen LogP contribution in [0.2, 0.25) is 5.02 Å². The van der Waals surface area contributed by atoms with Crippen LogP contribution in [0.1, 0.15) is 44.0 Å². The molecule has 1 heterocycles. The molecule has 0 spiro atoms. The summed E-state index contributed by atoms with van der Waals surface area (Å²) in [7, 11) is 1.55. The standard InChI is InChI=1S/C19H29ClN2O3.ClH/c1-12(2)11-25-18-16(20)8-15(9-17(18)24-4)19(23)22-7-5-6-14(10-22)13(3)21;/h8-9,12-14H,5-7,10-11,21H2,1-4H3;1H. The van der Waals surface area contributed by atoms with Gasteiger partial charge >= 0.3 is 0 Å². The molecule has 2 N–H and O–H groups in total. The van der Waals surface area contributed by atoms with Gasteiger partial charge in [0.05, 0.1) is 18.7 Å². The van der Waals surface area contributed by atoms with Gasteiger partial charge in [-0.05, 0) is 43.7 Å². The number of hydrogen-bond donors (Lipinski definition) is 1. The Morgan fingerprint density at radius 3 is 2.65 bits per heavy atom. The summed E-state index contributed by atoms with van der Waals surface area (Å²) in [5.41, 5.74) is 6.54. The predicted octanol–water partition coefficient (Wildman–Crippen LogP) is 4.00. The summed E-state index contributed by atoms with van der Waals surface area (Å²) >= 11 is 6.36. The highest BCUT2D eigenvalue weighted by Crippen LogP contribution is 2.37. The first-order valence-electron chi connectivity index (χ1n) is 8.88. The molecular weight excluding hydrogens is 375 g/mol. The number of hydrogen-bond acceptors (Lipinski definition) is 4. The summed E-state index contributed by atoms with van der Waals surface area (Å²) in [6, 6.07) is 3.46. The maximum absolute atomic E-state index is 12.9. The van der Waals surface area contributed by atoms with E-state index in [1.54, 1.807) is 19.2 Å². The second-order valence-electron chi connectivity index (χ2n) is 7.21. The fourth-order valence-corrected chi connectivity index (χ4v) is 3.30. The Morgan fingerprint density at radius 1 is 1.38 bits per heavy atom. The first-order valence-corrected chi connectivity index (χ1v) is 9.26. The molecule has 1 saturated heterocycles. The lowest BCUT2D eigenvalue weighted by Crippen LogP contribution is -2.45. The Bertz CT molecular complexity index is 609. The molecule has 148 valence electrons. The van der Waals surface area contributed by atoms with Gasteiger partial charge in [0.1, 0.15) is 0 Å². The van der Waals surface area contributed by atoms with E-state index >= 15 is 0 Å². The van der Waals surface area contributed by atoms with E-state index in [4.69, 9.17) is 26.8 Å². The summed E-state index contributed by atoms with van der Waals surface area (Å²) in [6.07, 6.45) is 2.03. The number of carbonyl (C=O) groups is 1. The molecule has 1 aliphatic heterocycles. The van der Waals surface area contributed by atoms with Crippen molar-refractivity contribution >= 4 is 29.9 Å². The third-order valence-electron chi connectivity index (χ3n) is 4.53. The van der Waals surface area contributed by atoms with Crippen molar-refractivity contribution in [2.75, 3.05) is 26.8 Å². The third kappa shape index (κ3) is 5.66. The number of rotatable bonds is 6. The minimum Gasteiger partial charge on any atom is -0.493 e. The quantitative estimate of drug-likeness (QED) is 0.777. The van der Waals surface area contributed by atoms with Gasteiger partial charge < -0.3 is 20.1 Å². The number of halogens is 2. The Morgan fingerprint density at radius 2 is 2.08 bits per heavy atom. The van der Waals surface area contributed by atoms with Gasteiger partial charge in [0, 0.05) is 24.7 Å². The van der Waals surface area contributed by atoms with E-state index in [0.29, 0.717) is 47.1 Å². The van der Waals surface area contributed by atoms with Crippen LogP contribution in [0, 0.1) is 11.8 Å². The summed E-state index contributed by atoms with van der Waals surface area (Å²) in [4.78, 5) is 14.8. The summed E-state index contributed by atoms with van der Waals surface area (Å²) in [5, 5.41) is 0.393. The minimum atomic E-state index is -0.0408. The van der Waals surface area contributed by atoms with Crippen LogP contribution < -0.4 is 15.2 Å². The normalized spacial score (nSPS) is 18.3. The van der Waals surface area contributed by atoms with Crippen LogP contribution in [0.5, 0.6) is 11.5 Å². The molecule has 0 radical (unpaired) electrons. The van der Waals surface area contributed by atoms with Gasteiger partial charge in [-0.2, -0.15) is 0 Å². The zero-order valence-corrected chi connectivity index (χ0v) is 17.5. The van der Waals surface area contributed by atoms with Crippen molar-refractivity contribution in [2.45, 2.75) is 39.7 Å². The lowest BCUT2D eigenvalue weighted by Gasteiger charge is -2.34. The molecule has 1 amide bonds. The Balaban J connectivity index is 0.00000338. The Kier molecular flexibility index (Phi) is 9.01. The molecule has 1 fully saturated rings. The highest BCUT2D eigenvalue weighted by atomic mass is 35.5. The molecular formula is C19H30Cl2N2O3. The maximum atomic E-state index is 12.9. The number of benzene rings is 1. The lowest BCUT2D eigenvalue weighted by molar-refractivity contribution is 0.0660. The lowest BCUT2D eigenvalue weighted by atomic mass is 9.92. The summed E-state index contributed by atoms with van der Waals surface area (Å²) in [6.45, 7) is 8.08. The first-order chi connectivity index (χ1) is 11.8. The van der Waals surface area contributed by atoms with Gasteiger partial charge in [-0.15, -0.1) is 12.4 Å². The van der Waals surface area contributed by atoms with Crippen molar-refractivity contribution < 1.29 is 14.3 Å². The van der Waals surface area contributed by atoms with E-state index in [-0.39, 0.29) is 24.4 Å². The number of methoxy groups -OCH3 is 1. The molecule has 7 heteroatoms. The molecule has 2 rings (SSSR count). The maximum Gasteiger partial charge on any atom is 0.254 e. The van der Waals surface area contributed by atoms with Crippen LogP contribution in [0.4, 0.5) is 0 Å². The second kappa shape index (κ2) is 10.2. The highest BCUT2D eigenvalue weighted by molar-refractivity contribution is 6.32. The molecule has 2 atom stereocenters. The average Bonchev–Trinajstić information content (AvgIpc) is 2.59. The van der Waals surface area contributed by atoms with Crippen LogP contribution in [0.25, 0.3) is 0 Å². The zero-order valence-electron chi connectivity index (χ0n) is 16.0.